The van der Waals surface area contributed by atoms with Gasteiger partial charge in [0.05, 0.1) is 23.0 Å². The van der Waals surface area contributed by atoms with Crippen LogP contribution in [-0.2, 0) is 28.7 Å². The average Bonchev–Trinajstić information content (AvgIpc) is 3.45. The minimum atomic E-state index is -1.04. The van der Waals surface area contributed by atoms with Crippen LogP contribution >= 0.6 is 0 Å². The Morgan fingerprint density at radius 2 is 1.84 bits per heavy atom. The molecule has 9 nitrogen and oxygen atoms in total. The number of aryl methyl sites for hydroxylation is 1. The SMILES string of the molecule is C[n+]1nn(-c2ccc(C#N)cc2)cc1-c1cn(C(C)(C)C(=O)OCc2ccccc2)nn1. The number of hydrogen-bond donors (Lipinski definition) is 0. The maximum atomic E-state index is 12.7. The number of aromatic nitrogens is 6. The van der Waals surface area contributed by atoms with E-state index in [2.05, 4.69) is 21.6 Å². The van der Waals surface area contributed by atoms with Gasteiger partial charge in [-0.2, -0.15) is 5.26 Å². The molecule has 0 aliphatic heterocycles. The number of rotatable bonds is 6. The van der Waals surface area contributed by atoms with Gasteiger partial charge in [-0.15, -0.1) is 14.5 Å². The Morgan fingerprint density at radius 1 is 1.12 bits per heavy atom. The highest BCUT2D eigenvalue weighted by Gasteiger charge is 2.34. The number of benzene rings is 2. The van der Waals surface area contributed by atoms with Crippen LogP contribution in [0.3, 0.4) is 0 Å². The van der Waals surface area contributed by atoms with Crippen molar-refractivity contribution in [2.45, 2.75) is 26.0 Å². The zero-order valence-corrected chi connectivity index (χ0v) is 18.0. The van der Waals surface area contributed by atoms with Crippen molar-refractivity contribution < 1.29 is 14.2 Å². The molecule has 0 saturated carbocycles. The van der Waals surface area contributed by atoms with Gasteiger partial charge < -0.3 is 4.74 Å². The molecule has 2 aromatic carbocycles. The fraction of sp³-hybridized carbons (Fsp3) is 0.217. The van der Waals surface area contributed by atoms with Crippen molar-refractivity contribution in [1.29, 1.82) is 5.26 Å². The summed E-state index contributed by atoms with van der Waals surface area (Å²) in [6.45, 7) is 3.66. The number of nitriles is 1. The Labute approximate surface area is 185 Å². The molecule has 0 bridgehead atoms. The number of hydrogen-bond acceptors (Lipinski definition) is 6. The molecule has 2 heterocycles. The second-order valence-electron chi connectivity index (χ2n) is 7.80. The molecule has 2 aromatic heterocycles. The standard InChI is InChI=1S/C23H22N7O2/c1-23(2,22(31)32-16-18-7-5-4-6-8-18)30-14-20(25-26-30)21-15-29(27-28(21)3)19-11-9-17(13-24)10-12-19/h4-12,14-15H,16H2,1-3H3/q+1. The molecule has 0 amide bonds. The van der Waals surface area contributed by atoms with Crippen molar-refractivity contribution in [2.24, 2.45) is 7.05 Å². The molecule has 0 fully saturated rings. The van der Waals surface area contributed by atoms with Gasteiger partial charge in [0.25, 0.3) is 0 Å². The van der Waals surface area contributed by atoms with Crippen LogP contribution in [-0.4, -0.2) is 30.9 Å². The van der Waals surface area contributed by atoms with E-state index in [9.17, 15) is 4.79 Å². The third-order valence-corrected chi connectivity index (χ3v) is 5.13. The molecular formula is C23H22N7O2+. The van der Waals surface area contributed by atoms with Crippen LogP contribution in [0.2, 0.25) is 0 Å². The average molecular weight is 428 g/mol. The van der Waals surface area contributed by atoms with Crippen LogP contribution in [0.25, 0.3) is 17.1 Å². The summed E-state index contributed by atoms with van der Waals surface area (Å²) in [6.07, 6.45) is 3.51. The first-order chi connectivity index (χ1) is 15.4. The first-order valence-electron chi connectivity index (χ1n) is 9.99. The van der Waals surface area contributed by atoms with Gasteiger partial charge in [-0.3, -0.25) is 0 Å². The zero-order valence-electron chi connectivity index (χ0n) is 18.0. The summed E-state index contributed by atoms with van der Waals surface area (Å²) in [7, 11) is 1.80. The summed E-state index contributed by atoms with van der Waals surface area (Å²) >= 11 is 0. The van der Waals surface area contributed by atoms with E-state index in [0.29, 0.717) is 17.0 Å². The number of esters is 1. The number of carbonyl (C=O) groups is 1. The third kappa shape index (κ3) is 4.11. The first-order valence-corrected chi connectivity index (χ1v) is 9.99. The second kappa shape index (κ2) is 8.43. The largest absolute Gasteiger partial charge is 0.459 e. The van der Waals surface area contributed by atoms with Crippen LogP contribution in [0.15, 0.2) is 67.0 Å². The molecule has 0 radical (unpaired) electrons. The van der Waals surface area contributed by atoms with Gasteiger partial charge in [0.1, 0.15) is 13.7 Å². The van der Waals surface area contributed by atoms with E-state index >= 15 is 0 Å². The second-order valence-corrected chi connectivity index (χ2v) is 7.80. The van der Waals surface area contributed by atoms with Crippen molar-refractivity contribution in [2.75, 3.05) is 0 Å². The van der Waals surface area contributed by atoms with E-state index in [4.69, 9.17) is 10.00 Å². The van der Waals surface area contributed by atoms with Crippen molar-refractivity contribution in [1.82, 2.24) is 24.9 Å². The number of ether oxygens (including phenoxy) is 1. The summed E-state index contributed by atoms with van der Waals surface area (Å²) in [4.78, 5) is 12.7. The Morgan fingerprint density at radius 3 is 2.53 bits per heavy atom. The minimum Gasteiger partial charge on any atom is -0.459 e. The number of carbonyl (C=O) groups excluding carboxylic acids is 1. The van der Waals surface area contributed by atoms with Crippen molar-refractivity contribution in [3.8, 4) is 23.1 Å². The van der Waals surface area contributed by atoms with E-state index in [1.54, 1.807) is 48.6 Å². The molecule has 4 aromatic rings. The molecule has 0 saturated heterocycles. The highest BCUT2D eigenvalue weighted by atomic mass is 16.5. The van der Waals surface area contributed by atoms with Crippen LogP contribution in [0.1, 0.15) is 25.0 Å². The molecule has 32 heavy (non-hydrogen) atoms. The van der Waals surface area contributed by atoms with E-state index in [-0.39, 0.29) is 6.61 Å². The third-order valence-electron chi connectivity index (χ3n) is 5.13. The fourth-order valence-corrected chi connectivity index (χ4v) is 3.11. The molecule has 0 spiro atoms. The highest BCUT2D eigenvalue weighted by Crippen LogP contribution is 2.21. The van der Waals surface area contributed by atoms with Gasteiger partial charge in [-0.25, -0.2) is 9.48 Å². The summed E-state index contributed by atoms with van der Waals surface area (Å²) in [5, 5.41) is 21.8. The Hall–Kier alpha value is -4.32. The number of nitrogens with zero attached hydrogens (tertiary/aromatic N) is 7. The molecule has 9 heteroatoms. The van der Waals surface area contributed by atoms with E-state index < -0.39 is 11.5 Å². The lowest BCUT2D eigenvalue weighted by molar-refractivity contribution is -0.721. The van der Waals surface area contributed by atoms with Crippen molar-refractivity contribution in [3.05, 3.63) is 78.1 Å². The Kier molecular flexibility index (Phi) is 5.52. The Bertz CT molecular complexity index is 1280. The molecular weight excluding hydrogens is 406 g/mol. The predicted molar refractivity (Wildman–Crippen MR) is 114 cm³/mol. The molecule has 0 unspecified atom stereocenters. The van der Waals surface area contributed by atoms with Gasteiger partial charge >= 0.3 is 5.97 Å². The monoisotopic (exact) mass is 428 g/mol. The minimum absolute atomic E-state index is 0.191. The van der Waals surface area contributed by atoms with E-state index in [0.717, 1.165) is 11.3 Å². The fourth-order valence-electron chi connectivity index (χ4n) is 3.11. The zero-order chi connectivity index (χ0) is 22.7. The molecule has 0 atom stereocenters. The predicted octanol–water partition coefficient (Wildman–Crippen LogP) is 2.31. The van der Waals surface area contributed by atoms with Crippen LogP contribution in [0, 0.1) is 11.3 Å². The van der Waals surface area contributed by atoms with Gasteiger partial charge in [0, 0.05) is 0 Å². The lowest BCUT2D eigenvalue weighted by Gasteiger charge is -2.22. The highest BCUT2D eigenvalue weighted by molar-refractivity contribution is 5.77. The van der Waals surface area contributed by atoms with Gasteiger partial charge in [0.2, 0.25) is 5.69 Å². The molecule has 0 N–H and O–H groups in total. The summed E-state index contributed by atoms with van der Waals surface area (Å²) in [5.41, 5.74) is 2.54. The maximum Gasteiger partial charge on any atom is 0.333 e. The lowest BCUT2D eigenvalue weighted by Crippen LogP contribution is -2.38. The van der Waals surface area contributed by atoms with Crippen LogP contribution in [0.4, 0.5) is 0 Å². The lowest BCUT2D eigenvalue weighted by atomic mass is 10.1. The smallest absolute Gasteiger partial charge is 0.333 e. The van der Waals surface area contributed by atoms with Crippen LogP contribution in [0.5, 0.6) is 0 Å². The molecule has 0 aliphatic carbocycles. The summed E-state index contributed by atoms with van der Waals surface area (Å²) in [5.74, 6) is -0.407. The van der Waals surface area contributed by atoms with E-state index in [1.165, 1.54) is 4.68 Å². The molecule has 4 rings (SSSR count). The van der Waals surface area contributed by atoms with Crippen molar-refractivity contribution in [3.63, 3.8) is 0 Å². The van der Waals surface area contributed by atoms with Gasteiger partial charge in [-0.1, -0.05) is 35.5 Å². The molecule has 0 aliphatic rings. The van der Waals surface area contributed by atoms with Crippen molar-refractivity contribution >= 4 is 5.97 Å². The first kappa shape index (κ1) is 20.9. The van der Waals surface area contributed by atoms with Crippen LogP contribution < -0.4 is 4.68 Å². The van der Waals surface area contributed by atoms with Gasteiger partial charge in [0.15, 0.2) is 23.1 Å². The summed E-state index contributed by atoms with van der Waals surface area (Å²) < 4.78 is 10.4. The van der Waals surface area contributed by atoms with Gasteiger partial charge in [-0.05, 0) is 43.7 Å². The topological polar surface area (TPSA) is 102 Å². The van der Waals surface area contributed by atoms with E-state index in [1.807, 2.05) is 48.7 Å². The maximum absolute atomic E-state index is 12.7. The normalized spacial score (nSPS) is 11.2. The quantitative estimate of drug-likeness (QED) is 0.345. The Balaban J connectivity index is 1.53. The summed E-state index contributed by atoms with van der Waals surface area (Å²) in [6, 6.07) is 18.7. The molecule has 160 valence electrons.